The molecule has 4 nitrogen and oxygen atoms in total. The van der Waals surface area contributed by atoms with E-state index in [-0.39, 0.29) is 11.1 Å². The van der Waals surface area contributed by atoms with E-state index in [0.29, 0.717) is 17.7 Å². The molecule has 1 N–H and O–H groups in total. The molecule has 0 spiro atoms. The van der Waals surface area contributed by atoms with Crippen LogP contribution in [0.1, 0.15) is 33.5 Å². The number of nitrogens with zero attached hydrogens (tertiary/aromatic N) is 2. The third-order valence-electron chi connectivity index (χ3n) is 4.48. The van der Waals surface area contributed by atoms with Gasteiger partial charge in [0, 0.05) is 29.9 Å². The van der Waals surface area contributed by atoms with Gasteiger partial charge in [-0.1, -0.05) is 30.3 Å². The standard InChI is InChI=1S/C22H15FN2O2/c23-19-7-6-16(22(26)27)12-17(19)18-13-20(14-4-2-1-3-5-14)25-21(18)15-8-10-24-11-9-15/h1-12H,13H2,(H,26,27). The number of carboxylic acid groups (broad SMARTS) is 1. The van der Waals surface area contributed by atoms with Gasteiger partial charge >= 0.3 is 5.97 Å². The smallest absolute Gasteiger partial charge is 0.335 e. The van der Waals surface area contributed by atoms with Crippen LogP contribution in [0.3, 0.4) is 0 Å². The Labute approximate surface area is 155 Å². The number of allylic oxidation sites excluding steroid dienone is 1. The van der Waals surface area contributed by atoms with E-state index in [1.165, 1.54) is 18.2 Å². The highest BCUT2D eigenvalue weighted by molar-refractivity contribution is 6.17. The van der Waals surface area contributed by atoms with Crippen molar-refractivity contribution in [1.29, 1.82) is 0 Å². The Morgan fingerprint density at radius 3 is 2.41 bits per heavy atom. The van der Waals surface area contributed by atoms with Crippen LogP contribution in [0.4, 0.5) is 4.39 Å². The molecule has 0 aliphatic carbocycles. The summed E-state index contributed by atoms with van der Waals surface area (Å²) in [6.07, 6.45) is 3.72. The quantitative estimate of drug-likeness (QED) is 0.736. The van der Waals surface area contributed by atoms with Gasteiger partial charge in [-0.2, -0.15) is 0 Å². The molecule has 5 heteroatoms. The van der Waals surface area contributed by atoms with Crippen molar-refractivity contribution in [3.8, 4) is 0 Å². The second kappa shape index (κ2) is 6.96. The molecule has 2 heterocycles. The number of rotatable bonds is 4. The Kier molecular flexibility index (Phi) is 4.34. The van der Waals surface area contributed by atoms with Crippen LogP contribution >= 0.6 is 0 Å². The molecule has 0 atom stereocenters. The third kappa shape index (κ3) is 3.27. The summed E-state index contributed by atoms with van der Waals surface area (Å²) in [5, 5.41) is 9.28. The minimum atomic E-state index is -1.09. The average Bonchev–Trinajstić information content (AvgIpc) is 3.15. The lowest BCUT2D eigenvalue weighted by molar-refractivity contribution is 0.0697. The van der Waals surface area contributed by atoms with Gasteiger partial charge in [0.05, 0.1) is 17.0 Å². The van der Waals surface area contributed by atoms with E-state index in [1.54, 1.807) is 12.4 Å². The van der Waals surface area contributed by atoms with Crippen molar-refractivity contribution in [3.05, 3.63) is 101 Å². The molecule has 0 radical (unpaired) electrons. The number of halogens is 1. The normalized spacial score (nSPS) is 13.6. The van der Waals surface area contributed by atoms with Gasteiger partial charge in [0.1, 0.15) is 5.82 Å². The summed E-state index contributed by atoms with van der Waals surface area (Å²) in [4.78, 5) is 20.1. The van der Waals surface area contributed by atoms with Crippen LogP contribution in [0.15, 0.2) is 78.0 Å². The molecule has 0 saturated heterocycles. The molecule has 0 bridgehead atoms. The van der Waals surface area contributed by atoms with Crippen LogP contribution in [0.25, 0.3) is 11.3 Å². The van der Waals surface area contributed by atoms with Crippen LogP contribution in [-0.2, 0) is 0 Å². The number of carboxylic acids is 1. The molecule has 4 rings (SSSR count). The monoisotopic (exact) mass is 358 g/mol. The first-order valence-corrected chi connectivity index (χ1v) is 8.43. The zero-order chi connectivity index (χ0) is 18.8. The minimum Gasteiger partial charge on any atom is -0.478 e. The largest absolute Gasteiger partial charge is 0.478 e. The Bertz CT molecular complexity index is 1070. The number of hydrogen-bond donors (Lipinski definition) is 1. The predicted octanol–water partition coefficient (Wildman–Crippen LogP) is 4.68. The molecular formula is C22H15FN2O2. The van der Waals surface area contributed by atoms with Crippen molar-refractivity contribution in [2.24, 2.45) is 4.99 Å². The van der Waals surface area contributed by atoms with Gasteiger partial charge in [-0.05, 0) is 41.5 Å². The van der Waals surface area contributed by atoms with E-state index in [4.69, 9.17) is 4.99 Å². The zero-order valence-corrected chi connectivity index (χ0v) is 14.3. The molecule has 1 aliphatic rings. The van der Waals surface area contributed by atoms with Crippen molar-refractivity contribution < 1.29 is 14.3 Å². The Morgan fingerprint density at radius 1 is 0.963 bits per heavy atom. The fourth-order valence-electron chi connectivity index (χ4n) is 3.15. The summed E-state index contributed by atoms with van der Waals surface area (Å²) in [5.74, 6) is -1.56. The van der Waals surface area contributed by atoms with Crippen LogP contribution in [-0.4, -0.2) is 21.8 Å². The highest BCUT2D eigenvalue weighted by atomic mass is 19.1. The maximum absolute atomic E-state index is 14.6. The molecule has 27 heavy (non-hydrogen) atoms. The van der Waals surface area contributed by atoms with Gasteiger partial charge < -0.3 is 5.11 Å². The number of benzene rings is 2. The number of aliphatic imine (C=N–C) groups is 1. The number of carbonyl (C=O) groups is 1. The van der Waals surface area contributed by atoms with E-state index >= 15 is 0 Å². The van der Waals surface area contributed by atoms with Crippen molar-refractivity contribution in [2.45, 2.75) is 6.42 Å². The molecule has 1 aliphatic heterocycles. The van der Waals surface area contributed by atoms with Gasteiger partial charge in [-0.15, -0.1) is 0 Å². The highest BCUT2D eigenvalue weighted by Crippen LogP contribution is 2.38. The van der Waals surface area contributed by atoms with Gasteiger partial charge in [0.25, 0.3) is 0 Å². The van der Waals surface area contributed by atoms with Crippen molar-refractivity contribution in [3.63, 3.8) is 0 Å². The van der Waals surface area contributed by atoms with Crippen molar-refractivity contribution in [2.75, 3.05) is 0 Å². The number of hydrogen-bond acceptors (Lipinski definition) is 3. The van der Waals surface area contributed by atoms with E-state index in [2.05, 4.69) is 4.98 Å². The first kappa shape index (κ1) is 16.8. The third-order valence-corrected chi connectivity index (χ3v) is 4.48. The second-order valence-corrected chi connectivity index (χ2v) is 6.16. The molecule has 0 fully saturated rings. The molecule has 1 aromatic heterocycles. The van der Waals surface area contributed by atoms with Crippen LogP contribution < -0.4 is 0 Å². The average molecular weight is 358 g/mol. The summed E-state index contributed by atoms with van der Waals surface area (Å²) in [7, 11) is 0. The van der Waals surface area contributed by atoms with E-state index in [1.807, 2.05) is 42.5 Å². The summed E-state index contributed by atoms with van der Waals surface area (Å²) >= 11 is 0. The molecule has 132 valence electrons. The lowest BCUT2D eigenvalue weighted by atomic mass is 9.94. The molecule has 0 unspecified atom stereocenters. The van der Waals surface area contributed by atoms with Gasteiger partial charge in [-0.3, -0.25) is 9.98 Å². The lowest BCUT2D eigenvalue weighted by Gasteiger charge is -2.09. The predicted molar refractivity (Wildman–Crippen MR) is 102 cm³/mol. The molecule has 3 aromatic rings. The maximum Gasteiger partial charge on any atom is 0.335 e. The Hall–Kier alpha value is -3.60. The van der Waals surface area contributed by atoms with Crippen LogP contribution in [0.2, 0.25) is 0 Å². The number of aromatic carboxylic acids is 1. The van der Waals surface area contributed by atoms with E-state index < -0.39 is 11.8 Å². The summed E-state index contributed by atoms with van der Waals surface area (Å²) in [6, 6.07) is 17.1. The number of aromatic nitrogens is 1. The molecule has 0 amide bonds. The van der Waals surface area contributed by atoms with Crippen molar-refractivity contribution >= 4 is 23.0 Å². The van der Waals surface area contributed by atoms with E-state index in [9.17, 15) is 14.3 Å². The van der Waals surface area contributed by atoms with Gasteiger partial charge in [-0.25, -0.2) is 9.18 Å². The highest BCUT2D eigenvalue weighted by Gasteiger charge is 2.24. The number of pyridine rings is 1. The minimum absolute atomic E-state index is 0.0427. The van der Waals surface area contributed by atoms with Crippen molar-refractivity contribution in [1.82, 2.24) is 4.98 Å². The summed E-state index contributed by atoms with van der Waals surface area (Å²) in [6.45, 7) is 0. The first-order valence-electron chi connectivity index (χ1n) is 8.43. The molecule has 0 saturated carbocycles. The first-order chi connectivity index (χ1) is 13.1. The SMILES string of the molecule is O=C(O)c1ccc(F)c(C2=C(c3ccncc3)N=C(c3ccccc3)C2)c1. The Morgan fingerprint density at radius 2 is 1.70 bits per heavy atom. The Balaban J connectivity index is 1.87. The topological polar surface area (TPSA) is 62.5 Å². The lowest BCUT2D eigenvalue weighted by Crippen LogP contribution is -2.02. The van der Waals surface area contributed by atoms with Crippen LogP contribution in [0, 0.1) is 5.82 Å². The fraction of sp³-hybridized carbons (Fsp3) is 0.0455. The summed E-state index contributed by atoms with van der Waals surface area (Å²) in [5.41, 5.74) is 4.19. The zero-order valence-electron chi connectivity index (χ0n) is 14.3. The fourth-order valence-corrected chi connectivity index (χ4v) is 3.15. The molecular weight excluding hydrogens is 343 g/mol. The van der Waals surface area contributed by atoms with Gasteiger partial charge in [0.15, 0.2) is 0 Å². The van der Waals surface area contributed by atoms with Gasteiger partial charge in [0.2, 0.25) is 0 Å². The van der Waals surface area contributed by atoms with E-state index in [0.717, 1.165) is 16.8 Å². The molecule has 2 aromatic carbocycles. The van der Waals surface area contributed by atoms with Crippen LogP contribution in [0.5, 0.6) is 0 Å². The summed E-state index contributed by atoms with van der Waals surface area (Å²) < 4.78 is 14.6. The maximum atomic E-state index is 14.6. The second-order valence-electron chi connectivity index (χ2n) is 6.16.